The first-order valence-electron chi connectivity index (χ1n) is 9.81. The van der Waals surface area contributed by atoms with Gasteiger partial charge in [-0.2, -0.15) is 0 Å². The van der Waals surface area contributed by atoms with Crippen LogP contribution >= 0.6 is 0 Å². The molecule has 0 aromatic heterocycles. The van der Waals surface area contributed by atoms with Gasteiger partial charge in [0.1, 0.15) is 0 Å². The van der Waals surface area contributed by atoms with E-state index in [-0.39, 0.29) is 37.7 Å². The maximum atomic E-state index is 2.20. The Kier molecular flexibility index (Phi) is 5.79. The molecule has 0 nitrogen and oxygen atoms in total. The maximum absolute atomic E-state index is 2.20. The van der Waals surface area contributed by atoms with E-state index >= 15 is 0 Å². The summed E-state index contributed by atoms with van der Waals surface area (Å²) >= 11 is 0. The van der Waals surface area contributed by atoms with Crippen LogP contribution in [0.25, 0.3) is 43.1 Å². The van der Waals surface area contributed by atoms with Crippen molar-refractivity contribution in [1.29, 1.82) is 0 Å². The summed E-state index contributed by atoms with van der Waals surface area (Å²) < 4.78 is 0. The van der Waals surface area contributed by atoms with E-state index < -0.39 is 0 Å². The Morgan fingerprint density at radius 1 is 0.379 bits per heavy atom. The Labute approximate surface area is 201 Å². The summed E-state index contributed by atoms with van der Waals surface area (Å²) in [5.74, 6) is 0. The van der Waals surface area contributed by atoms with Crippen molar-refractivity contribution < 1.29 is 0 Å². The van der Waals surface area contributed by atoms with E-state index in [2.05, 4.69) is 111 Å². The zero-order valence-electron chi connectivity index (χ0n) is 16.9. The van der Waals surface area contributed by atoms with Crippen LogP contribution in [0.1, 0.15) is 11.1 Å². The van der Waals surface area contributed by atoms with Crippen molar-refractivity contribution in [2.45, 2.75) is 13.8 Å². The molecule has 0 unspecified atom stereocenters. The summed E-state index contributed by atoms with van der Waals surface area (Å²) in [6.07, 6.45) is 0. The second kappa shape index (κ2) is 8.32. The second-order valence-electron chi connectivity index (χ2n) is 7.43. The molecular weight excluding hydrogens is 376 g/mol. The van der Waals surface area contributed by atoms with Crippen LogP contribution in [0.15, 0.2) is 97.1 Å². The van der Waals surface area contributed by atoms with Crippen LogP contribution in [-0.2, 0) is 0 Å². The molecule has 0 amide bonds. The minimum atomic E-state index is 0. The van der Waals surface area contributed by atoms with Gasteiger partial charge in [-0.3, -0.25) is 0 Å². The van der Waals surface area contributed by atoms with Gasteiger partial charge in [0.05, 0.1) is 0 Å². The van der Waals surface area contributed by atoms with Gasteiger partial charge in [0, 0.05) is 0 Å². The molecule has 0 saturated carbocycles. The Morgan fingerprint density at radius 3 is 0.828 bits per heavy atom. The number of fused-ring (bicyclic) bond motifs is 6. The summed E-state index contributed by atoms with van der Waals surface area (Å²) in [6.45, 7) is 4.40. The topological polar surface area (TPSA) is 0 Å². The maximum Gasteiger partial charge on any atom is 2.00 e. The largest absolute Gasteiger partial charge is 2.00 e. The predicted octanol–water partition coefficient (Wildman–Crippen LogP) is 7.66. The van der Waals surface area contributed by atoms with Gasteiger partial charge >= 0.3 is 37.7 Å². The Morgan fingerprint density at radius 2 is 0.586 bits per heavy atom. The number of aryl methyl sites for hydroxylation is 2. The Hall–Kier alpha value is -2.12. The molecule has 0 aliphatic rings. The number of benzene rings is 4. The van der Waals surface area contributed by atoms with E-state index in [1.54, 1.807) is 0 Å². The molecule has 29 heavy (non-hydrogen) atoms. The number of hydrogen-bond donors (Lipinski definition) is 0. The van der Waals surface area contributed by atoms with E-state index in [1.807, 2.05) is 0 Å². The third-order valence-electron chi connectivity index (χ3n) is 5.90. The van der Waals surface area contributed by atoms with Crippen LogP contribution in [0.2, 0.25) is 0 Å². The fourth-order valence-electron chi connectivity index (χ4n) is 4.47. The first-order chi connectivity index (χ1) is 13.8. The van der Waals surface area contributed by atoms with E-state index in [0.29, 0.717) is 0 Å². The summed E-state index contributed by atoms with van der Waals surface area (Å²) in [5.41, 5.74) is 2.80. The molecule has 0 aliphatic heterocycles. The molecule has 0 heterocycles. The molecule has 0 fully saturated rings. The third kappa shape index (κ3) is 3.40. The Bertz CT molecular complexity index is 1210. The van der Waals surface area contributed by atoms with Crippen LogP contribution in [-0.4, -0.2) is 37.7 Å². The van der Waals surface area contributed by atoms with Crippen LogP contribution in [0.4, 0.5) is 0 Å². The van der Waals surface area contributed by atoms with E-state index in [0.717, 1.165) is 0 Å². The average Bonchev–Trinajstić information content (AvgIpc) is 3.22. The average molecular weight is 399 g/mol. The van der Waals surface area contributed by atoms with E-state index in [4.69, 9.17) is 0 Å². The van der Waals surface area contributed by atoms with Crippen molar-refractivity contribution in [2.24, 2.45) is 0 Å². The van der Waals surface area contributed by atoms with Gasteiger partial charge in [-0.15, -0.1) is 78.5 Å². The van der Waals surface area contributed by atoms with Gasteiger partial charge in [-0.25, -0.2) is 0 Å². The van der Waals surface area contributed by atoms with Crippen LogP contribution in [0.3, 0.4) is 0 Å². The third-order valence-corrected chi connectivity index (χ3v) is 5.90. The molecule has 0 atom stereocenters. The van der Waals surface area contributed by atoms with Crippen molar-refractivity contribution in [1.82, 2.24) is 0 Å². The van der Waals surface area contributed by atoms with Crippen molar-refractivity contribution in [3.8, 4) is 0 Å². The van der Waals surface area contributed by atoms with E-state index in [9.17, 15) is 0 Å². The van der Waals surface area contributed by atoms with E-state index in [1.165, 1.54) is 54.2 Å². The summed E-state index contributed by atoms with van der Waals surface area (Å²) in [6, 6.07) is 34.4. The molecule has 0 N–H and O–H groups in total. The molecular formula is C28H22Ca. The van der Waals surface area contributed by atoms with Crippen LogP contribution in [0, 0.1) is 13.8 Å². The molecule has 0 aliphatic carbocycles. The standard InChI is InChI=1S/2C14H11.Ca/c2*1-10-11-6-2-4-8-13(11)14-9-5-3-7-12(10)14;/h2*2-9H,1H3;/q2*-1;+2. The molecule has 6 aromatic rings. The quantitative estimate of drug-likeness (QED) is 0.182. The molecule has 6 aromatic carbocycles. The first-order valence-corrected chi connectivity index (χ1v) is 9.81. The fraction of sp³-hybridized carbons (Fsp3) is 0.0714. The number of rotatable bonds is 0. The normalized spacial score (nSPS) is 10.8. The van der Waals surface area contributed by atoms with Crippen molar-refractivity contribution >= 4 is 80.8 Å². The summed E-state index contributed by atoms with van der Waals surface area (Å²) in [7, 11) is 0. The van der Waals surface area contributed by atoms with Gasteiger partial charge in [-0.05, 0) is 0 Å². The van der Waals surface area contributed by atoms with Gasteiger partial charge < -0.3 is 0 Å². The molecule has 0 saturated heterocycles. The van der Waals surface area contributed by atoms with Crippen molar-refractivity contribution in [3.05, 3.63) is 108 Å². The second-order valence-corrected chi connectivity index (χ2v) is 7.43. The molecule has 1 heteroatoms. The molecule has 6 rings (SSSR count). The van der Waals surface area contributed by atoms with Crippen molar-refractivity contribution in [3.63, 3.8) is 0 Å². The van der Waals surface area contributed by atoms with Gasteiger partial charge in [0.15, 0.2) is 0 Å². The number of hydrogen-bond acceptors (Lipinski definition) is 0. The van der Waals surface area contributed by atoms with Gasteiger partial charge in [-0.1, -0.05) is 86.6 Å². The first kappa shape index (κ1) is 20.2. The SMILES string of the molecule is C[c-]1c2ccccc2c2ccccc21.C[c-]1c2ccccc2c2ccccc21.[Ca+2]. The zero-order chi connectivity index (χ0) is 19.1. The smallest absolute Gasteiger partial charge is 0.120 e. The molecule has 0 spiro atoms. The predicted molar refractivity (Wildman–Crippen MR) is 129 cm³/mol. The van der Waals surface area contributed by atoms with Crippen molar-refractivity contribution in [2.75, 3.05) is 0 Å². The minimum absolute atomic E-state index is 0. The minimum Gasteiger partial charge on any atom is -0.120 e. The summed E-state index contributed by atoms with van der Waals surface area (Å²) in [5, 5.41) is 11.0. The van der Waals surface area contributed by atoms with Gasteiger partial charge in [0.25, 0.3) is 0 Å². The Balaban J connectivity index is 0.000000137. The molecule has 0 radical (unpaired) electrons. The fourth-order valence-corrected chi connectivity index (χ4v) is 4.47. The summed E-state index contributed by atoms with van der Waals surface area (Å²) in [4.78, 5) is 0. The van der Waals surface area contributed by atoms with Gasteiger partial charge in [0.2, 0.25) is 0 Å². The van der Waals surface area contributed by atoms with Crippen LogP contribution in [0.5, 0.6) is 0 Å². The molecule has 136 valence electrons. The van der Waals surface area contributed by atoms with Crippen LogP contribution < -0.4 is 0 Å². The zero-order valence-corrected chi connectivity index (χ0v) is 19.2. The monoisotopic (exact) mass is 398 g/mol. The molecule has 0 bridgehead atoms.